The molecule has 0 spiro atoms. The molecule has 1 saturated carbocycles. The lowest BCUT2D eigenvalue weighted by atomic mass is 10.3. The quantitative estimate of drug-likeness (QED) is 0.849. The maximum atomic E-state index is 12.6. The van der Waals surface area contributed by atoms with Crippen molar-refractivity contribution in [2.24, 2.45) is 7.05 Å². The average molecular weight is 326 g/mol. The van der Waals surface area contributed by atoms with Crippen LogP contribution < -0.4 is 10.0 Å². The van der Waals surface area contributed by atoms with E-state index in [2.05, 4.69) is 15.1 Å². The van der Waals surface area contributed by atoms with Gasteiger partial charge in [-0.25, -0.2) is 8.42 Å². The molecule has 114 valence electrons. The molecule has 2 N–H and O–H groups in total. The molecule has 0 aliphatic heterocycles. The average Bonchev–Trinajstić information content (AvgIpc) is 3.04. The highest BCUT2D eigenvalue weighted by atomic mass is 32.2. The number of aryl methyl sites for hydroxylation is 2. The fraction of sp³-hybridized carbons (Fsp3) is 0.462. The Kier molecular flexibility index (Phi) is 3.76. The van der Waals surface area contributed by atoms with E-state index in [-0.39, 0.29) is 0 Å². The molecule has 0 bridgehead atoms. The van der Waals surface area contributed by atoms with Crippen molar-refractivity contribution in [2.45, 2.75) is 37.2 Å². The topological polar surface area (TPSA) is 76.0 Å². The van der Waals surface area contributed by atoms with Crippen LogP contribution in [-0.4, -0.2) is 24.2 Å². The standard InChI is InChI=1S/C13H18N4O2S2/c1-9-8-20-12(6-14-10-3-4-10)13(9)21(18,19)16-11-5-15-17(2)7-11/h5,7-8,10,14,16H,3-4,6H2,1-2H3. The van der Waals surface area contributed by atoms with Crippen LogP contribution in [0.25, 0.3) is 0 Å². The van der Waals surface area contributed by atoms with Gasteiger partial charge in [0.25, 0.3) is 10.0 Å². The molecule has 0 aromatic carbocycles. The predicted molar refractivity (Wildman–Crippen MR) is 82.9 cm³/mol. The number of anilines is 1. The third-order valence-corrected chi connectivity index (χ3v) is 6.19. The van der Waals surface area contributed by atoms with Gasteiger partial charge in [0, 0.05) is 30.7 Å². The molecule has 21 heavy (non-hydrogen) atoms. The number of rotatable bonds is 6. The summed E-state index contributed by atoms with van der Waals surface area (Å²) in [5, 5.41) is 9.23. The summed E-state index contributed by atoms with van der Waals surface area (Å²) in [6.07, 6.45) is 5.50. The van der Waals surface area contributed by atoms with Crippen molar-refractivity contribution in [3.8, 4) is 0 Å². The van der Waals surface area contributed by atoms with E-state index in [1.807, 2.05) is 12.3 Å². The number of aromatic nitrogens is 2. The van der Waals surface area contributed by atoms with E-state index < -0.39 is 10.0 Å². The third kappa shape index (κ3) is 3.28. The Hall–Kier alpha value is -1.38. The molecular weight excluding hydrogens is 308 g/mol. The van der Waals surface area contributed by atoms with Gasteiger partial charge in [-0.2, -0.15) is 5.10 Å². The molecule has 0 saturated heterocycles. The van der Waals surface area contributed by atoms with E-state index in [0.717, 1.165) is 10.4 Å². The van der Waals surface area contributed by atoms with Gasteiger partial charge in [-0.3, -0.25) is 9.40 Å². The Morgan fingerprint density at radius 3 is 2.86 bits per heavy atom. The van der Waals surface area contributed by atoms with Gasteiger partial charge in [0.15, 0.2) is 0 Å². The highest BCUT2D eigenvalue weighted by molar-refractivity contribution is 7.93. The lowest BCUT2D eigenvalue weighted by Gasteiger charge is -2.09. The summed E-state index contributed by atoms with van der Waals surface area (Å²) < 4.78 is 29.4. The van der Waals surface area contributed by atoms with Crippen molar-refractivity contribution >= 4 is 27.0 Å². The number of sulfonamides is 1. The number of hydrogen-bond acceptors (Lipinski definition) is 5. The number of thiophene rings is 1. The maximum Gasteiger partial charge on any atom is 0.263 e. The molecule has 0 unspecified atom stereocenters. The minimum Gasteiger partial charge on any atom is -0.309 e. The number of nitrogens with zero attached hydrogens (tertiary/aromatic N) is 2. The molecule has 0 amide bonds. The van der Waals surface area contributed by atoms with Gasteiger partial charge in [0.05, 0.1) is 11.9 Å². The van der Waals surface area contributed by atoms with Crippen molar-refractivity contribution in [3.05, 3.63) is 28.2 Å². The molecule has 8 heteroatoms. The second kappa shape index (κ2) is 5.43. The van der Waals surface area contributed by atoms with Crippen LogP contribution in [0, 0.1) is 6.92 Å². The zero-order valence-electron chi connectivity index (χ0n) is 12.0. The summed E-state index contributed by atoms with van der Waals surface area (Å²) in [6, 6.07) is 0.550. The van der Waals surface area contributed by atoms with Gasteiger partial charge < -0.3 is 5.32 Å². The fourth-order valence-corrected chi connectivity index (χ4v) is 4.97. The zero-order valence-corrected chi connectivity index (χ0v) is 13.6. The second-order valence-corrected chi connectivity index (χ2v) is 7.92. The fourth-order valence-electron chi connectivity index (χ4n) is 2.17. The summed E-state index contributed by atoms with van der Waals surface area (Å²) >= 11 is 1.49. The molecule has 2 aromatic rings. The molecule has 2 aromatic heterocycles. The normalized spacial score (nSPS) is 15.3. The third-order valence-electron chi connectivity index (χ3n) is 3.34. The SMILES string of the molecule is Cc1csc(CNC2CC2)c1S(=O)(=O)Nc1cnn(C)c1. The highest BCUT2D eigenvalue weighted by Crippen LogP contribution is 2.29. The first-order valence-corrected chi connectivity index (χ1v) is 9.14. The van der Waals surface area contributed by atoms with Crippen LogP contribution in [0.15, 0.2) is 22.7 Å². The lowest BCUT2D eigenvalue weighted by molar-refractivity contribution is 0.598. The van der Waals surface area contributed by atoms with E-state index in [1.165, 1.54) is 30.4 Å². The smallest absolute Gasteiger partial charge is 0.263 e. The first-order valence-electron chi connectivity index (χ1n) is 6.77. The Morgan fingerprint density at radius 2 is 2.24 bits per heavy atom. The van der Waals surface area contributed by atoms with Crippen LogP contribution in [0.1, 0.15) is 23.3 Å². The Labute approximate surface area is 128 Å². The predicted octanol–water partition coefficient (Wildman–Crippen LogP) is 1.84. The van der Waals surface area contributed by atoms with Crippen molar-refractivity contribution in [3.63, 3.8) is 0 Å². The molecule has 2 heterocycles. The van der Waals surface area contributed by atoms with Crippen LogP contribution in [0.3, 0.4) is 0 Å². The highest BCUT2D eigenvalue weighted by Gasteiger charge is 2.26. The van der Waals surface area contributed by atoms with Crippen molar-refractivity contribution in [1.29, 1.82) is 0 Å². The molecule has 0 atom stereocenters. The largest absolute Gasteiger partial charge is 0.309 e. The minimum atomic E-state index is -3.58. The molecule has 0 radical (unpaired) electrons. The first kappa shape index (κ1) is 14.6. The summed E-state index contributed by atoms with van der Waals surface area (Å²) in [6.45, 7) is 2.43. The molecule has 1 aliphatic carbocycles. The van der Waals surface area contributed by atoms with E-state index in [4.69, 9.17) is 0 Å². The van der Waals surface area contributed by atoms with Crippen molar-refractivity contribution in [2.75, 3.05) is 4.72 Å². The molecule has 6 nitrogen and oxygen atoms in total. The van der Waals surface area contributed by atoms with Crippen molar-refractivity contribution < 1.29 is 8.42 Å². The van der Waals surface area contributed by atoms with E-state index in [1.54, 1.807) is 17.9 Å². The Morgan fingerprint density at radius 1 is 1.48 bits per heavy atom. The number of hydrogen-bond donors (Lipinski definition) is 2. The van der Waals surface area contributed by atoms with Crippen LogP contribution >= 0.6 is 11.3 Å². The van der Waals surface area contributed by atoms with Crippen LogP contribution in [0.2, 0.25) is 0 Å². The van der Waals surface area contributed by atoms with E-state index in [9.17, 15) is 8.42 Å². The second-order valence-electron chi connectivity index (χ2n) is 5.33. The van der Waals surface area contributed by atoms with Gasteiger partial charge in [-0.1, -0.05) is 0 Å². The summed E-state index contributed by atoms with van der Waals surface area (Å²) in [5.74, 6) is 0. The van der Waals surface area contributed by atoms with Gasteiger partial charge >= 0.3 is 0 Å². The van der Waals surface area contributed by atoms with Gasteiger partial charge in [-0.05, 0) is 30.7 Å². The Bertz CT molecular complexity index is 744. The maximum absolute atomic E-state index is 12.6. The molecular formula is C13H18N4O2S2. The lowest BCUT2D eigenvalue weighted by Crippen LogP contribution is -2.19. The van der Waals surface area contributed by atoms with Crippen molar-refractivity contribution in [1.82, 2.24) is 15.1 Å². The van der Waals surface area contributed by atoms with E-state index in [0.29, 0.717) is 23.2 Å². The summed E-state index contributed by atoms with van der Waals surface area (Å²) in [4.78, 5) is 1.25. The molecule has 1 fully saturated rings. The zero-order chi connectivity index (χ0) is 15.0. The van der Waals surface area contributed by atoms with Gasteiger partial charge in [0.1, 0.15) is 4.90 Å². The van der Waals surface area contributed by atoms with Gasteiger partial charge in [0.2, 0.25) is 0 Å². The van der Waals surface area contributed by atoms with Crippen LogP contribution in [0.5, 0.6) is 0 Å². The summed E-state index contributed by atoms with van der Waals surface area (Å²) in [7, 11) is -1.83. The monoisotopic (exact) mass is 326 g/mol. The van der Waals surface area contributed by atoms with Gasteiger partial charge in [-0.15, -0.1) is 11.3 Å². The number of nitrogens with one attached hydrogen (secondary N) is 2. The first-order chi connectivity index (χ1) is 9.95. The van der Waals surface area contributed by atoms with Crippen LogP contribution in [-0.2, 0) is 23.6 Å². The summed E-state index contributed by atoms with van der Waals surface area (Å²) in [5.41, 5.74) is 1.26. The van der Waals surface area contributed by atoms with Crippen LogP contribution in [0.4, 0.5) is 5.69 Å². The molecule has 1 aliphatic rings. The Balaban J connectivity index is 1.84. The van der Waals surface area contributed by atoms with E-state index >= 15 is 0 Å². The molecule has 3 rings (SSSR count). The minimum absolute atomic E-state index is 0.393.